The first-order chi connectivity index (χ1) is 3.34. The van der Waals surface area contributed by atoms with Crippen LogP contribution in [0.4, 0.5) is 0 Å². The molecule has 0 aromatic carbocycles. The summed E-state index contributed by atoms with van der Waals surface area (Å²) in [6.45, 7) is 0.133. The summed E-state index contributed by atoms with van der Waals surface area (Å²) in [6.07, 6.45) is 0. The average Bonchev–Trinajstić information content (AvgIpc) is 1.65. The first-order valence-corrected chi connectivity index (χ1v) is 3.30. The molecule has 2 atom stereocenters. The highest BCUT2D eigenvalue weighted by Gasteiger charge is 2.28. The fraction of sp³-hybridized carbons (Fsp3) is 1.00. The van der Waals surface area contributed by atoms with Crippen molar-refractivity contribution in [3.63, 3.8) is 0 Å². The Kier molecular flexibility index (Phi) is 1.57. The van der Waals surface area contributed by atoms with E-state index in [2.05, 4.69) is 0 Å². The van der Waals surface area contributed by atoms with Crippen molar-refractivity contribution < 1.29 is 10.2 Å². The standard InChI is InChI=1S/C4H8O2S/c5-1-3-2-7-4(3)6/h3-6H,1-2H2. The first kappa shape index (κ1) is 5.41. The van der Waals surface area contributed by atoms with Crippen LogP contribution in [0.3, 0.4) is 0 Å². The molecule has 0 aromatic rings. The second kappa shape index (κ2) is 2.03. The van der Waals surface area contributed by atoms with Gasteiger partial charge < -0.3 is 10.2 Å². The van der Waals surface area contributed by atoms with Gasteiger partial charge in [-0.3, -0.25) is 0 Å². The number of hydrogen-bond donors (Lipinski definition) is 2. The maximum atomic E-state index is 8.71. The topological polar surface area (TPSA) is 40.5 Å². The molecular weight excluding hydrogens is 112 g/mol. The van der Waals surface area contributed by atoms with Gasteiger partial charge in [0.05, 0.1) is 0 Å². The van der Waals surface area contributed by atoms with E-state index in [-0.39, 0.29) is 18.0 Å². The highest BCUT2D eigenvalue weighted by molar-refractivity contribution is 8.01. The SMILES string of the molecule is OCC1CSC1O. The van der Waals surface area contributed by atoms with Crippen LogP contribution >= 0.6 is 11.8 Å². The monoisotopic (exact) mass is 120 g/mol. The minimum atomic E-state index is -0.287. The van der Waals surface area contributed by atoms with Gasteiger partial charge in [0.2, 0.25) is 0 Å². The summed E-state index contributed by atoms with van der Waals surface area (Å²) in [6, 6.07) is 0. The molecule has 42 valence electrons. The summed E-state index contributed by atoms with van der Waals surface area (Å²) < 4.78 is 0. The molecule has 0 amide bonds. The number of rotatable bonds is 1. The van der Waals surface area contributed by atoms with E-state index in [1.54, 1.807) is 0 Å². The zero-order chi connectivity index (χ0) is 5.28. The molecule has 7 heavy (non-hydrogen) atoms. The van der Waals surface area contributed by atoms with Crippen LogP contribution in [0.1, 0.15) is 0 Å². The Morgan fingerprint density at radius 3 is 2.43 bits per heavy atom. The van der Waals surface area contributed by atoms with Crippen LogP contribution in [0, 0.1) is 5.92 Å². The molecule has 2 nitrogen and oxygen atoms in total. The van der Waals surface area contributed by atoms with Gasteiger partial charge in [0.25, 0.3) is 0 Å². The van der Waals surface area contributed by atoms with E-state index in [0.29, 0.717) is 0 Å². The van der Waals surface area contributed by atoms with Crippen LogP contribution in [0.5, 0.6) is 0 Å². The number of hydrogen-bond acceptors (Lipinski definition) is 3. The second-order valence-electron chi connectivity index (χ2n) is 1.67. The van der Waals surface area contributed by atoms with Crippen molar-refractivity contribution in [3.05, 3.63) is 0 Å². The van der Waals surface area contributed by atoms with Crippen LogP contribution in [-0.4, -0.2) is 28.0 Å². The number of thioether (sulfide) groups is 1. The smallest absolute Gasteiger partial charge is 0.105 e. The molecule has 1 fully saturated rings. The molecule has 0 spiro atoms. The summed E-state index contributed by atoms with van der Waals surface area (Å²) in [5.74, 6) is 1.07. The Morgan fingerprint density at radius 1 is 1.71 bits per heavy atom. The fourth-order valence-corrected chi connectivity index (χ4v) is 1.29. The molecular formula is C4H8O2S. The van der Waals surface area contributed by atoms with Crippen LogP contribution in [0.25, 0.3) is 0 Å². The normalized spacial score (nSPS) is 40.3. The lowest BCUT2D eigenvalue weighted by Crippen LogP contribution is -2.32. The van der Waals surface area contributed by atoms with Crippen LogP contribution < -0.4 is 0 Å². The van der Waals surface area contributed by atoms with E-state index in [1.165, 1.54) is 11.8 Å². The maximum Gasteiger partial charge on any atom is 0.105 e. The predicted molar refractivity (Wildman–Crippen MR) is 29.0 cm³/mol. The summed E-state index contributed by atoms with van der Waals surface area (Å²) in [4.78, 5) is 0. The van der Waals surface area contributed by atoms with E-state index < -0.39 is 0 Å². The molecule has 1 saturated heterocycles. The Labute approximate surface area is 46.5 Å². The zero-order valence-electron chi connectivity index (χ0n) is 3.87. The second-order valence-corrected chi connectivity index (χ2v) is 2.82. The average molecular weight is 120 g/mol. The Balaban J connectivity index is 2.16. The molecule has 3 heteroatoms. The lowest BCUT2D eigenvalue weighted by molar-refractivity contribution is 0.126. The van der Waals surface area contributed by atoms with Crippen LogP contribution in [0.15, 0.2) is 0 Å². The molecule has 1 aliphatic heterocycles. The molecule has 0 aromatic heterocycles. The van der Waals surface area contributed by atoms with E-state index in [9.17, 15) is 0 Å². The van der Waals surface area contributed by atoms with Crippen molar-refractivity contribution in [2.75, 3.05) is 12.4 Å². The van der Waals surface area contributed by atoms with Gasteiger partial charge in [-0.05, 0) is 0 Å². The number of aliphatic hydroxyl groups excluding tert-OH is 2. The highest BCUT2D eigenvalue weighted by atomic mass is 32.2. The van der Waals surface area contributed by atoms with Gasteiger partial charge in [-0.1, -0.05) is 0 Å². The minimum Gasteiger partial charge on any atom is -0.396 e. The molecule has 0 saturated carbocycles. The van der Waals surface area contributed by atoms with E-state index in [4.69, 9.17) is 10.2 Å². The Morgan fingerprint density at radius 2 is 2.43 bits per heavy atom. The van der Waals surface area contributed by atoms with E-state index in [1.807, 2.05) is 0 Å². The summed E-state index contributed by atoms with van der Waals surface area (Å²) in [7, 11) is 0. The third kappa shape index (κ3) is 0.900. The predicted octanol–water partition coefficient (Wildman–Crippen LogP) is -0.340. The lowest BCUT2D eigenvalue weighted by atomic mass is 10.2. The first-order valence-electron chi connectivity index (χ1n) is 2.25. The summed E-state index contributed by atoms with van der Waals surface area (Å²) >= 11 is 1.49. The maximum absolute atomic E-state index is 8.71. The van der Waals surface area contributed by atoms with Gasteiger partial charge in [-0.2, -0.15) is 0 Å². The van der Waals surface area contributed by atoms with Gasteiger partial charge in [0, 0.05) is 18.3 Å². The van der Waals surface area contributed by atoms with Crippen molar-refractivity contribution >= 4 is 11.8 Å². The van der Waals surface area contributed by atoms with Gasteiger partial charge in [0.1, 0.15) is 5.44 Å². The summed E-state index contributed by atoms with van der Waals surface area (Å²) in [5.41, 5.74) is -0.287. The number of aliphatic hydroxyl groups is 2. The molecule has 0 aliphatic carbocycles. The van der Waals surface area contributed by atoms with Crippen molar-refractivity contribution in [1.29, 1.82) is 0 Å². The summed E-state index contributed by atoms with van der Waals surface area (Å²) in [5, 5.41) is 17.1. The molecule has 2 unspecified atom stereocenters. The van der Waals surface area contributed by atoms with Gasteiger partial charge >= 0.3 is 0 Å². The minimum absolute atomic E-state index is 0.133. The Bertz CT molecular complexity index is 64.7. The van der Waals surface area contributed by atoms with Gasteiger partial charge in [-0.15, -0.1) is 11.8 Å². The Hall–Kier alpha value is 0.270. The van der Waals surface area contributed by atoms with Crippen molar-refractivity contribution in [2.45, 2.75) is 5.44 Å². The molecule has 2 N–H and O–H groups in total. The van der Waals surface area contributed by atoms with Crippen molar-refractivity contribution in [3.8, 4) is 0 Å². The third-order valence-corrected chi connectivity index (χ3v) is 2.47. The zero-order valence-corrected chi connectivity index (χ0v) is 4.69. The van der Waals surface area contributed by atoms with Crippen molar-refractivity contribution in [1.82, 2.24) is 0 Å². The van der Waals surface area contributed by atoms with E-state index >= 15 is 0 Å². The molecule has 0 radical (unpaired) electrons. The van der Waals surface area contributed by atoms with Gasteiger partial charge in [0.15, 0.2) is 0 Å². The molecule has 1 heterocycles. The quantitative estimate of drug-likeness (QED) is 0.497. The van der Waals surface area contributed by atoms with Gasteiger partial charge in [-0.25, -0.2) is 0 Å². The lowest BCUT2D eigenvalue weighted by Gasteiger charge is -2.29. The molecule has 0 bridgehead atoms. The third-order valence-electron chi connectivity index (χ3n) is 1.12. The largest absolute Gasteiger partial charge is 0.396 e. The van der Waals surface area contributed by atoms with Crippen LogP contribution in [-0.2, 0) is 0 Å². The van der Waals surface area contributed by atoms with Crippen LogP contribution in [0.2, 0.25) is 0 Å². The fourth-order valence-electron chi connectivity index (χ4n) is 0.461. The van der Waals surface area contributed by atoms with E-state index in [0.717, 1.165) is 5.75 Å². The molecule has 1 rings (SSSR count). The van der Waals surface area contributed by atoms with Crippen molar-refractivity contribution in [2.24, 2.45) is 5.92 Å². The molecule has 1 aliphatic rings. The highest BCUT2D eigenvalue weighted by Crippen LogP contribution is 2.31.